The Balaban J connectivity index is 1.33. The molecule has 9 nitrogen and oxygen atoms in total. The number of nitrogens with one attached hydrogen (secondary N) is 1. The van der Waals surface area contributed by atoms with Gasteiger partial charge in [0, 0.05) is 19.5 Å². The van der Waals surface area contributed by atoms with Gasteiger partial charge in [-0.25, -0.2) is 9.59 Å². The van der Waals surface area contributed by atoms with E-state index in [0.717, 1.165) is 27.2 Å². The number of aliphatic carboxylic acids is 1. The van der Waals surface area contributed by atoms with Gasteiger partial charge in [-0.1, -0.05) is 55.5 Å². The predicted octanol–water partition coefficient (Wildman–Crippen LogP) is 1.91. The van der Waals surface area contributed by atoms with Gasteiger partial charge in [0.15, 0.2) is 0 Å². The lowest BCUT2D eigenvalue weighted by atomic mass is 9.98. The minimum atomic E-state index is -1.18. The summed E-state index contributed by atoms with van der Waals surface area (Å²) >= 11 is 0. The van der Waals surface area contributed by atoms with Crippen molar-refractivity contribution in [3.05, 3.63) is 59.7 Å². The molecule has 0 spiro atoms. The number of hydrogen-bond donors (Lipinski definition) is 2. The van der Waals surface area contributed by atoms with Crippen LogP contribution in [0.25, 0.3) is 11.1 Å². The summed E-state index contributed by atoms with van der Waals surface area (Å²) in [5.74, 6) is -2.82. The minimum Gasteiger partial charge on any atom is -0.480 e. The third kappa shape index (κ3) is 4.46. The summed E-state index contributed by atoms with van der Waals surface area (Å²) in [5.41, 5.74) is 4.45. The highest BCUT2D eigenvalue weighted by Crippen LogP contribution is 2.44. The second-order valence-corrected chi connectivity index (χ2v) is 8.70. The van der Waals surface area contributed by atoms with Crippen molar-refractivity contribution in [2.45, 2.75) is 18.9 Å². The quantitative estimate of drug-likeness (QED) is 0.673. The van der Waals surface area contributed by atoms with Crippen molar-refractivity contribution in [3.63, 3.8) is 0 Å². The maximum atomic E-state index is 12.8. The first-order valence-electron chi connectivity index (χ1n) is 11.1. The Morgan fingerprint density at radius 1 is 1.09 bits per heavy atom. The van der Waals surface area contributed by atoms with E-state index < -0.39 is 29.9 Å². The number of likely N-dealkylation sites (N-methyl/N-ethyl adjacent to an activating group) is 1. The van der Waals surface area contributed by atoms with Crippen LogP contribution in [0, 0.1) is 5.92 Å². The molecule has 2 aromatic rings. The summed E-state index contributed by atoms with van der Waals surface area (Å²) < 4.78 is 5.48. The number of carboxylic acids is 1. The zero-order valence-corrected chi connectivity index (χ0v) is 19.1. The molecule has 178 valence electrons. The maximum absolute atomic E-state index is 12.8. The zero-order chi connectivity index (χ0) is 24.4. The molecule has 1 heterocycles. The topological polar surface area (TPSA) is 116 Å². The lowest BCUT2D eigenvalue weighted by Crippen LogP contribution is -2.61. The molecule has 2 N–H and O–H groups in total. The van der Waals surface area contributed by atoms with Crippen molar-refractivity contribution in [1.82, 2.24) is 15.1 Å². The fourth-order valence-electron chi connectivity index (χ4n) is 4.54. The van der Waals surface area contributed by atoms with Crippen molar-refractivity contribution < 1.29 is 29.0 Å². The SMILES string of the molecule is CC(CNC(=O)OCC1c2ccccc2-c2ccccc21)C(=O)N1CC(=O)N(C)CC1C(=O)O. The van der Waals surface area contributed by atoms with Crippen LogP contribution < -0.4 is 5.32 Å². The van der Waals surface area contributed by atoms with Gasteiger partial charge in [0.1, 0.15) is 19.2 Å². The molecule has 1 aliphatic carbocycles. The third-order valence-corrected chi connectivity index (χ3v) is 6.44. The fourth-order valence-corrected chi connectivity index (χ4v) is 4.54. The van der Waals surface area contributed by atoms with Gasteiger partial charge in [-0.2, -0.15) is 0 Å². The highest BCUT2D eigenvalue weighted by molar-refractivity contribution is 5.92. The number of ether oxygens (including phenoxy) is 1. The highest BCUT2D eigenvalue weighted by Gasteiger charge is 2.39. The van der Waals surface area contributed by atoms with Gasteiger partial charge >= 0.3 is 12.1 Å². The smallest absolute Gasteiger partial charge is 0.407 e. The summed E-state index contributed by atoms with van der Waals surface area (Å²) in [5, 5.41) is 12.0. The largest absolute Gasteiger partial charge is 0.480 e. The number of benzene rings is 2. The van der Waals surface area contributed by atoms with E-state index in [1.54, 1.807) is 6.92 Å². The van der Waals surface area contributed by atoms with Gasteiger partial charge in [-0.3, -0.25) is 9.59 Å². The van der Waals surface area contributed by atoms with Crippen LogP contribution >= 0.6 is 0 Å². The molecule has 2 aliphatic rings. The Hall–Kier alpha value is -3.88. The number of amides is 3. The molecule has 2 aromatic carbocycles. The van der Waals surface area contributed by atoms with Crippen LogP contribution in [-0.4, -0.2) is 78.1 Å². The summed E-state index contributed by atoms with van der Waals surface area (Å²) in [6, 6.07) is 14.9. The Morgan fingerprint density at radius 3 is 2.26 bits per heavy atom. The molecule has 0 aromatic heterocycles. The van der Waals surface area contributed by atoms with E-state index in [1.807, 2.05) is 36.4 Å². The summed E-state index contributed by atoms with van der Waals surface area (Å²) in [6.45, 7) is 1.31. The Kier molecular flexibility index (Phi) is 6.54. The average Bonchev–Trinajstić information content (AvgIpc) is 3.15. The van der Waals surface area contributed by atoms with Crippen molar-refractivity contribution in [1.29, 1.82) is 0 Å². The summed E-state index contributed by atoms with van der Waals surface area (Å²) in [4.78, 5) is 51.1. The number of nitrogens with zero attached hydrogens (tertiary/aromatic N) is 2. The molecule has 4 rings (SSSR count). The number of fused-ring (bicyclic) bond motifs is 3. The molecule has 34 heavy (non-hydrogen) atoms. The van der Waals surface area contributed by atoms with E-state index >= 15 is 0 Å². The van der Waals surface area contributed by atoms with Crippen LogP contribution in [0.2, 0.25) is 0 Å². The molecule has 2 atom stereocenters. The van der Waals surface area contributed by atoms with Crippen molar-refractivity contribution >= 4 is 23.9 Å². The molecule has 2 unspecified atom stereocenters. The van der Waals surface area contributed by atoms with Crippen molar-refractivity contribution in [2.75, 3.05) is 33.3 Å². The maximum Gasteiger partial charge on any atom is 0.407 e. The number of carbonyl (C=O) groups excluding carboxylic acids is 3. The van der Waals surface area contributed by atoms with E-state index in [-0.39, 0.29) is 38.1 Å². The van der Waals surface area contributed by atoms with Crippen LogP contribution in [0.3, 0.4) is 0 Å². The molecule has 9 heteroatoms. The van der Waals surface area contributed by atoms with E-state index in [2.05, 4.69) is 17.4 Å². The Morgan fingerprint density at radius 2 is 1.68 bits per heavy atom. The second-order valence-electron chi connectivity index (χ2n) is 8.70. The van der Waals surface area contributed by atoms with Gasteiger partial charge in [0.05, 0.1) is 12.5 Å². The first-order chi connectivity index (χ1) is 16.3. The normalized spacial score (nSPS) is 18.2. The van der Waals surface area contributed by atoms with E-state index in [0.29, 0.717) is 0 Å². The Bertz CT molecular complexity index is 1090. The number of hydrogen-bond acceptors (Lipinski definition) is 5. The van der Waals surface area contributed by atoms with Crippen LogP contribution in [0.15, 0.2) is 48.5 Å². The lowest BCUT2D eigenvalue weighted by Gasteiger charge is -2.38. The molecule has 1 saturated heterocycles. The monoisotopic (exact) mass is 465 g/mol. The van der Waals surface area contributed by atoms with Gasteiger partial charge in [0.2, 0.25) is 11.8 Å². The van der Waals surface area contributed by atoms with Gasteiger partial charge in [-0.15, -0.1) is 0 Å². The summed E-state index contributed by atoms with van der Waals surface area (Å²) in [6.07, 6.45) is -0.661. The van der Waals surface area contributed by atoms with E-state index in [4.69, 9.17) is 4.74 Å². The predicted molar refractivity (Wildman–Crippen MR) is 123 cm³/mol. The fraction of sp³-hybridized carbons (Fsp3) is 0.360. The third-order valence-electron chi connectivity index (χ3n) is 6.44. The minimum absolute atomic E-state index is 0.0393. The van der Waals surface area contributed by atoms with Gasteiger partial charge in [-0.05, 0) is 22.3 Å². The standard InChI is InChI=1S/C25H27N3O6/c1-15(23(30)28-13-22(29)27(2)12-21(28)24(31)32)11-26-25(33)34-14-20-18-9-5-3-7-16(18)17-8-4-6-10-19(17)20/h3-10,15,20-21H,11-14H2,1-2H3,(H,26,33)(H,31,32). The first-order valence-corrected chi connectivity index (χ1v) is 11.1. The molecular weight excluding hydrogens is 438 g/mol. The van der Waals surface area contributed by atoms with E-state index in [1.165, 1.54) is 11.9 Å². The van der Waals surface area contributed by atoms with Crippen LogP contribution in [0.1, 0.15) is 24.0 Å². The molecule has 3 amide bonds. The van der Waals surface area contributed by atoms with Crippen LogP contribution in [0.5, 0.6) is 0 Å². The Labute approximate surface area is 197 Å². The number of rotatable bonds is 6. The molecule has 0 bridgehead atoms. The first kappa shape index (κ1) is 23.3. The zero-order valence-electron chi connectivity index (χ0n) is 19.1. The van der Waals surface area contributed by atoms with Crippen LogP contribution in [-0.2, 0) is 19.1 Å². The van der Waals surface area contributed by atoms with Crippen molar-refractivity contribution in [2.24, 2.45) is 5.92 Å². The number of piperazine rings is 1. The van der Waals surface area contributed by atoms with Gasteiger partial charge in [0.25, 0.3) is 0 Å². The number of alkyl carbamates (subject to hydrolysis) is 1. The molecule has 0 saturated carbocycles. The second kappa shape index (κ2) is 9.54. The number of carboxylic acid groups (broad SMARTS) is 1. The average molecular weight is 466 g/mol. The van der Waals surface area contributed by atoms with Crippen LogP contribution in [0.4, 0.5) is 4.79 Å². The molecular formula is C25H27N3O6. The van der Waals surface area contributed by atoms with Crippen molar-refractivity contribution in [3.8, 4) is 11.1 Å². The molecule has 1 fully saturated rings. The summed E-state index contributed by atoms with van der Waals surface area (Å²) in [7, 11) is 1.50. The number of carbonyl (C=O) groups is 4. The highest BCUT2D eigenvalue weighted by atomic mass is 16.5. The molecule has 1 aliphatic heterocycles. The van der Waals surface area contributed by atoms with Gasteiger partial charge < -0.3 is 25.0 Å². The van der Waals surface area contributed by atoms with E-state index in [9.17, 15) is 24.3 Å². The molecule has 0 radical (unpaired) electrons. The lowest BCUT2D eigenvalue weighted by molar-refractivity contribution is -0.160.